The highest BCUT2D eigenvalue weighted by atomic mass is 35.5. The lowest BCUT2D eigenvalue weighted by Crippen LogP contribution is -2.35. The second kappa shape index (κ2) is 8.09. The van der Waals surface area contributed by atoms with E-state index in [-0.39, 0.29) is 11.3 Å². The number of amides is 1. The Kier molecular flexibility index (Phi) is 6.43. The van der Waals surface area contributed by atoms with Gasteiger partial charge in [0.25, 0.3) is 0 Å². The van der Waals surface area contributed by atoms with Gasteiger partial charge < -0.3 is 4.90 Å². The maximum Gasteiger partial charge on any atom is 0.226 e. The van der Waals surface area contributed by atoms with Crippen LogP contribution in [0.2, 0.25) is 5.02 Å². The number of hydrogen-bond donors (Lipinski definition) is 0. The molecule has 0 saturated carbocycles. The Hall–Kier alpha value is -0.670. The van der Waals surface area contributed by atoms with Crippen molar-refractivity contribution in [2.24, 2.45) is 5.92 Å². The molecule has 1 saturated heterocycles. The molecule has 2 atom stereocenters. The topological polar surface area (TPSA) is 20.3 Å². The number of nitrogens with zero attached hydrogens (tertiary/aromatic N) is 1. The molecule has 1 aromatic carbocycles. The van der Waals surface area contributed by atoms with Gasteiger partial charge >= 0.3 is 0 Å². The predicted molar refractivity (Wildman–Crippen MR) is 91.7 cm³/mol. The third-order valence-electron chi connectivity index (χ3n) is 4.06. The molecule has 0 aromatic heterocycles. The van der Waals surface area contributed by atoms with Crippen molar-refractivity contribution in [2.45, 2.75) is 44.9 Å². The largest absolute Gasteiger partial charge is 0.325 e. The van der Waals surface area contributed by atoms with Crippen LogP contribution < -0.4 is 0 Å². The molecule has 1 aliphatic rings. The fourth-order valence-electron chi connectivity index (χ4n) is 2.82. The average molecular weight is 326 g/mol. The number of carbonyl (C=O) groups is 1. The van der Waals surface area contributed by atoms with Gasteiger partial charge in [0, 0.05) is 23.2 Å². The van der Waals surface area contributed by atoms with Crippen molar-refractivity contribution < 1.29 is 4.79 Å². The van der Waals surface area contributed by atoms with Crippen LogP contribution in [0, 0.1) is 5.92 Å². The first-order valence-corrected chi connectivity index (χ1v) is 9.27. The number of thioether (sulfide) groups is 1. The monoisotopic (exact) mass is 325 g/mol. The Morgan fingerprint density at radius 1 is 1.48 bits per heavy atom. The highest BCUT2D eigenvalue weighted by molar-refractivity contribution is 7.99. The summed E-state index contributed by atoms with van der Waals surface area (Å²) in [6.45, 7) is 5.15. The summed E-state index contributed by atoms with van der Waals surface area (Å²) in [6, 6.07) is 7.90. The summed E-state index contributed by atoms with van der Waals surface area (Å²) in [5.41, 5.74) is 1.14. The van der Waals surface area contributed by atoms with Crippen molar-refractivity contribution in [1.82, 2.24) is 4.90 Å². The first kappa shape index (κ1) is 16.7. The summed E-state index contributed by atoms with van der Waals surface area (Å²) < 4.78 is 0. The highest BCUT2D eigenvalue weighted by Gasteiger charge is 2.33. The van der Waals surface area contributed by atoms with Gasteiger partial charge in [0.1, 0.15) is 5.37 Å². The zero-order valence-corrected chi connectivity index (χ0v) is 14.4. The molecule has 1 aromatic rings. The van der Waals surface area contributed by atoms with E-state index in [2.05, 4.69) is 24.8 Å². The van der Waals surface area contributed by atoms with Gasteiger partial charge in [0.15, 0.2) is 0 Å². The molecule has 2 rings (SSSR count). The van der Waals surface area contributed by atoms with Crippen LogP contribution in [0.25, 0.3) is 0 Å². The fraction of sp³-hybridized carbons (Fsp3) is 0.588. The van der Waals surface area contributed by atoms with Crippen LogP contribution in [0.15, 0.2) is 24.3 Å². The molecule has 0 bridgehead atoms. The average Bonchev–Trinajstić information content (AvgIpc) is 2.97. The molecule has 116 valence electrons. The smallest absolute Gasteiger partial charge is 0.226 e. The van der Waals surface area contributed by atoms with E-state index in [1.165, 1.54) is 0 Å². The van der Waals surface area contributed by atoms with Gasteiger partial charge in [-0.15, -0.1) is 11.8 Å². The molecule has 4 heteroatoms. The SMILES string of the molecule is CCCC[C@H](CC)C(=O)N1CCS[C@@H]1c1cccc(Cl)c1. The van der Waals surface area contributed by atoms with E-state index in [1.807, 2.05) is 30.0 Å². The molecule has 2 nitrogen and oxygen atoms in total. The molecule has 1 fully saturated rings. The molecular weight excluding hydrogens is 302 g/mol. The van der Waals surface area contributed by atoms with E-state index in [1.54, 1.807) is 0 Å². The van der Waals surface area contributed by atoms with Crippen molar-refractivity contribution in [3.05, 3.63) is 34.9 Å². The molecule has 0 aliphatic carbocycles. The Labute approximate surface area is 137 Å². The van der Waals surface area contributed by atoms with Crippen LogP contribution in [-0.2, 0) is 4.79 Å². The van der Waals surface area contributed by atoms with E-state index in [4.69, 9.17) is 11.6 Å². The third kappa shape index (κ3) is 4.17. The first-order valence-electron chi connectivity index (χ1n) is 7.84. The second-order valence-corrected chi connectivity index (χ2v) is 7.18. The normalized spacial score (nSPS) is 19.8. The minimum absolute atomic E-state index is 0.131. The summed E-state index contributed by atoms with van der Waals surface area (Å²) in [5.74, 6) is 1.50. The van der Waals surface area contributed by atoms with Crippen LogP contribution in [0.3, 0.4) is 0 Å². The molecule has 1 aliphatic heterocycles. The van der Waals surface area contributed by atoms with Crippen LogP contribution >= 0.6 is 23.4 Å². The molecule has 1 heterocycles. The van der Waals surface area contributed by atoms with Crippen molar-refractivity contribution in [3.63, 3.8) is 0 Å². The minimum Gasteiger partial charge on any atom is -0.325 e. The zero-order valence-electron chi connectivity index (χ0n) is 12.8. The van der Waals surface area contributed by atoms with Crippen LogP contribution in [0.4, 0.5) is 0 Å². The molecule has 0 N–H and O–H groups in total. The molecule has 0 unspecified atom stereocenters. The van der Waals surface area contributed by atoms with Crippen LogP contribution in [0.1, 0.15) is 50.5 Å². The van der Waals surface area contributed by atoms with Crippen molar-refractivity contribution in [1.29, 1.82) is 0 Å². The Balaban J connectivity index is 2.12. The number of unbranched alkanes of at least 4 members (excludes halogenated alkanes) is 1. The number of halogens is 1. The molecule has 0 radical (unpaired) electrons. The number of hydrogen-bond acceptors (Lipinski definition) is 2. The fourth-order valence-corrected chi connectivity index (χ4v) is 4.27. The summed E-state index contributed by atoms with van der Waals surface area (Å²) in [5, 5.41) is 0.873. The Bertz CT molecular complexity index is 480. The van der Waals surface area contributed by atoms with E-state index < -0.39 is 0 Å². The number of benzene rings is 1. The molecule has 1 amide bonds. The van der Waals surface area contributed by atoms with E-state index >= 15 is 0 Å². The lowest BCUT2D eigenvalue weighted by Gasteiger charge is -2.28. The number of rotatable bonds is 6. The quantitative estimate of drug-likeness (QED) is 0.722. The second-order valence-electron chi connectivity index (χ2n) is 5.56. The van der Waals surface area contributed by atoms with Crippen molar-refractivity contribution in [3.8, 4) is 0 Å². The summed E-state index contributed by atoms with van der Waals surface area (Å²) in [4.78, 5) is 14.9. The molecule has 0 spiro atoms. The van der Waals surface area contributed by atoms with Gasteiger partial charge in [-0.1, -0.05) is 50.4 Å². The van der Waals surface area contributed by atoms with Gasteiger partial charge in [-0.2, -0.15) is 0 Å². The first-order chi connectivity index (χ1) is 10.2. The van der Waals surface area contributed by atoms with Crippen molar-refractivity contribution in [2.75, 3.05) is 12.3 Å². The third-order valence-corrected chi connectivity index (χ3v) is 5.55. The van der Waals surface area contributed by atoms with Gasteiger partial charge in [-0.05, 0) is 30.5 Å². The summed E-state index contributed by atoms with van der Waals surface area (Å²) >= 11 is 7.93. The van der Waals surface area contributed by atoms with E-state index in [9.17, 15) is 4.79 Å². The van der Waals surface area contributed by atoms with E-state index in [0.29, 0.717) is 5.91 Å². The van der Waals surface area contributed by atoms with Crippen molar-refractivity contribution >= 4 is 29.3 Å². The van der Waals surface area contributed by atoms with Crippen LogP contribution in [-0.4, -0.2) is 23.1 Å². The Morgan fingerprint density at radius 2 is 2.29 bits per heavy atom. The summed E-state index contributed by atoms with van der Waals surface area (Å²) in [7, 11) is 0. The Morgan fingerprint density at radius 3 is 2.95 bits per heavy atom. The maximum atomic E-state index is 12.8. The minimum atomic E-state index is 0.131. The summed E-state index contributed by atoms with van der Waals surface area (Å²) in [6.07, 6.45) is 4.22. The standard InChI is InChI=1S/C17H24ClNOS/c1-3-5-7-13(4-2)16(20)19-10-11-21-17(19)14-8-6-9-15(18)12-14/h6,8-9,12-13,17H,3-5,7,10-11H2,1-2H3/t13-,17+/m0/s1. The van der Waals surface area contributed by atoms with E-state index in [0.717, 1.165) is 48.6 Å². The lowest BCUT2D eigenvalue weighted by molar-refractivity contribution is -0.136. The van der Waals surface area contributed by atoms with Crippen LogP contribution in [0.5, 0.6) is 0 Å². The van der Waals surface area contributed by atoms with Gasteiger partial charge in [0.05, 0.1) is 0 Å². The molecule has 21 heavy (non-hydrogen) atoms. The molecular formula is C17H24ClNOS. The number of carbonyl (C=O) groups excluding carboxylic acids is 1. The van der Waals surface area contributed by atoms with Gasteiger partial charge in [-0.3, -0.25) is 4.79 Å². The lowest BCUT2D eigenvalue weighted by atomic mass is 9.97. The van der Waals surface area contributed by atoms with Gasteiger partial charge in [-0.25, -0.2) is 0 Å². The zero-order chi connectivity index (χ0) is 15.2. The predicted octanol–water partition coefficient (Wildman–Crippen LogP) is 5.13. The highest BCUT2D eigenvalue weighted by Crippen LogP contribution is 2.40. The van der Waals surface area contributed by atoms with Gasteiger partial charge in [0.2, 0.25) is 5.91 Å². The maximum absolute atomic E-state index is 12.8.